The van der Waals surface area contributed by atoms with E-state index in [2.05, 4.69) is 18.7 Å². The molecule has 1 atom stereocenters. The van der Waals surface area contributed by atoms with Gasteiger partial charge in [-0.2, -0.15) is 13.2 Å². The van der Waals surface area contributed by atoms with Crippen molar-refractivity contribution < 1.29 is 32.2 Å². The van der Waals surface area contributed by atoms with Gasteiger partial charge < -0.3 is 9.47 Å². The zero-order chi connectivity index (χ0) is 27.9. The van der Waals surface area contributed by atoms with Crippen molar-refractivity contribution in [1.29, 1.82) is 0 Å². The minimum Gasteiger partial charge on any atom is -0.430 e. The molecule has 204 valence electrons. The summed E-state index contributed by atoms with van der Waals surface area (Å²) in [7, 11) is 0. The summed E-state index contributed by atoms with van der Waals surface area (Å²) in [4.78, 5) is 26.7. The van der Waals surface area contributed by atoms with Crippen LogP contribution in [0.1, 0.15) is 60.9 Å². The maximum Gasteiger partial charge on any atom is 0.513 e. The van der Waals surface area contributed by atoms with Gasteiger partial charge in [-0.15, -0.1) is 11.8 Å². The highest BCUT2D eigenvalue weighted by atomic mass is 32.2. The number of Topliss-reactive ketones (excluding diaryl/α,β-unsaturated/α-hetero) is 1. The first-order valence-electron chi connectivity index (χ1n) is 12.7. The van der Waals surface area contributed by atoms with Gasteiger partial charge in [0.2, 0.25) is 0 Å². The average Bonchev–Trinajstić information content (AvgIpc) is 2.87. The number of halogens is 3. The van der Waals surface area contributed by atoms with Crippen LogP contribution in [0.4, 0.5) is 18.0 Å². The second-order valence-electron chi connectivity index (χ2n) is 9.27. The van der Waals surface area contributed by atoms with Crippen LogP contribution in [0.15, 0.2) is 59.7 Å². The molecule has 0 spiro atoms. The van der Waals surface area contributed by atoms with Crippen LogP contribution in [0.2, 0.25) is 0 Å². The van der Waals surface area contributed by atoms with E-state index in [0.717, 1.165) is 52.1 Å². The fourth-order valence-electron chi connectivity index (χ4n) is 4.69. The molecule has 0 saturated heterocycles. The summed E-state index contributed by atoms with van der Waals surface area (Å²) in [5.41, 5.74) is 3.77. The number of ketones is 1. The SMILES string of the molecule is C=CCOC(=O)OC1=C(c2c(CC)cc(C)cc2CC)C(=O)CC(CCSc2ccc(C(F)(F)F)cc2)C1. The number of thioether (sulfide) groups is 1. The molecular formula is C30H33F3O4S. The lowest BCUT2D eigenvalue weighted by Crippen LogP contribution is -2.23. The first-order chi connectivity index (χ1) is 18.1. The van der Waals surface area contributed by atoms with Crippen LogP contribution in [-0.4, -0.2) is 24.3 Å². The van der Waals surface area contributed by atoms with E-state index in [4.69, 9.17) is 9.47 Å². The first-order valence-corrected chi connectivity index (χ1v) is 13.7. The third kappa shape index (κ3) is 7.53. The van der Waals surface area contributed by atoms with Crippen LogP contribution < -0.4 is 0 Å². The Morgan fingerprint density at radius 2 is 1.74 bits per heavy atom. The average molecular weight is 547 g/mol. The minimum atomic E-state index is -4.37. The number of hydrogen-bond donors (Lipinski definition) is 0. The Morgan fingerprint density at radius 3 is 2.29 bits per heavy atom. The third-order valence-electron chi connectivity index (χ3n) is 6.47. The fourth-order valence-corrected chi connectivity index (χ4v) is 5.71. The fraction of sp³-hybridized carbons (Fsp3) is 0.400. The molecule has 0 N–H and O–H groups in total. The van der Waals surface area contributed by atoms with Crippen molar-refractivity contribution in [2.45, 2.75) is 63.9 Å². The number of ether oxygens (including phenoxy) is 2. The molecule has 0 radical (unpaired) electrons. The van der Waals surface area contributed by atoms with Crippen LogP contribution in [0.3, 0.4) is 0 Å². The molecule has 8 heteroatoms. The van der Waals surface area contributed by atoms with Crippen molar-refractivity contribution >= 4 is 29.3 Å². The number of alkyl halides is 3. The van der Waals surface area contributed by atoms with Crippen molar-refractivity contribution in [2.75, 3.05) is 12.4 Å². The highest BCUT2D eigenvalue weighted by molar-refractivity contribution is 7.99. The second-order valence-corrected chi connectivity index (χ2v) is 10.4. The van der Waals surface area contributed by atoms with Gasteiger partial charge in [0.1, 0.15) is 12.4 Å². The summed E-state index contributed by atoms with van der Waals surface area (Å²) in [6.07, 6.45) is -1.04. The molecule has 0 heterocycles. The van der Waals surface area contributed by atoms with E-state index < -0.39 is 17.9 Å². The number of hydrogen-bond acceptors (Lipinski definition) is 5. The summed E-state index contributed by atoms with van der Waals surface area (Å²) in [6.45, 7) is 9.62. The monoisotopic (exact) mass is 546 g/mol. The lowest BCUT2D eigenvalue weighted by molar-refractivity contribution is -0.137. The molecule has 1 aliphatic carbocycles. The van der Waals surface area contributed by atoms with Crippen molar-refractivity contribution in [3.05, 3.63) is 82.6 Å². The molecule has 0 bridgehead atoms. The smallest absolute Gasteiger partial charge is 0.430 e. The molecule has 0 amide bonds. The Hall–Kier alpha value is -3.00. The van der Waals surface area contributed by atoms with Crippen LogP contribution in [-0.2, 0) is 33.3 Å². The molecule has 0 aliphatic heterocycles. The normalized spacial score (nSPS) is 15.9. The first kappa shape index (κ1) is 29.6. The highest BCUT2D eigenvalue weighted by Crippen LogP contribution is 2.40. The lowest BCUT2D eigenvalue weighted by Gasteiger charge is -2.28. The Balaban J connectivity index is 1.84. The molecular weight excluding hydrogens is 513 g/mol. The van der Waals surface area contributed by atoms with Crippen LogP contribution in [0.5, 0.6) is 0 Å². The maximum atomic E-state index is 13.6. The summed E-state index contributed by atoms with van der Waals surface area (Å²) < 4.78 is 49.2. The van der Waals surface area contributed by atoms with E-state index in [0.29, 0.717) is 36.3 Å². The Morgan fingerprint density at radius 1 is 1.11 bits per heavy atom. The highest BCUT2D eigenvalue weighted by Gasteiger charge is 2.33. The van der Waals surface area contributed by atoms with Gasteiger partial charge >= 0.3 is 12.3 Å². The van der Waals surface area contributed by atoms with E-state index in [-0.39, 0.29) is 18.3 Å². The molecule has 3 rings (SSSR count). The molecule has 0 fully saturated rings. The quantitative estimate of drug-likeness (QED) is 0.170. The number of carbonyl (C=O) groups is 2. The summed E-state index contributed by atoms with van der Waals surface area (Å²) in [5, 5.41) is 0. The summed E-state index contributed by atoms with van der Waals surface area (Å²) >= 11 is 1.43. The third-order valence-corrected chi connectivity index (χ3v) is 7.51. The predicted molar refractivity (Wildman–Crippen MR) is 144 cm³/mol. The van der Waals surface area contributed by atoms with Crippen LogP contribution in [0, 0.1) is 12.8 Å². The largest absolute Gasteiger partial charge is 0.513 e. The molecule has 1 unspecified atom stereocenters. The number of rotatable bonds is 10. The zero-order valence-corrected chi connectivity index (χ0v) is 22.8. The molecule has 0 aromatic heterocycles. The second kappa shape index (κ2) is 13.2. The van der Waals surface area contributed by atoms with Crippen molar-refractivity contribution in [3.8, 4) is 0 Å². The predicted octanol–water partition coefficient (Wildman–Crippen LogP) is 8.35. The number of benzene rings is 2. The van der Waals surface area contributed by atoms with Gasteiger partial charge in [-0.3, -0.25) is 4.79 Å². The van der Waals surface area contributed by atoms with E-state index >= 15 is 0 Å². The molecule has 38 heavy (non-hydrogen) atoms. The van der Waals surface area contributed by atoms with Crippen molar-refractivity contribution in [2.24, 2.45) is 5.92 Å². The molecule has 2 aromatic rings. The maximum absolute atomic E-state index is 13.6. The Bertz CT molecular complexity index is 1170. The van der Waals surface area contributed by atoms with Gasteiger partial charge in [0.15, 0.2) is 5.78 Å². The van der Waals surface area contributed by atoms with Crippen LogP contribution in [0.25, 0.3) is 5.57 Å². The number of allylic oxidation sites excluding steroid dienone is 2. The lowest BCUT2D eigenvalue weighted by atomic mass is 9.79. The van der Waals surface area contributed by atoms with Gasteiger partial charge in [-0.25, -0.2) is 4.79 Å². The standard InChI is InChI=1S/C30H33F3O4S/c1-5-13-36-29(35)37-26-18-20(12-14-38-24-10-8-23(9-11-24)30(31,32)33)17-25(34)28(26)27-21(6-2)15-19(4)16-22(27)7-3/h5,8-11,15-16,20H,1,6-7,12-14,17-18H2,2-4H3. The van der Waals surface area contributed by atoms with E-state index in [1.54, 1.807) is 0 Å². The summed E-state index contributed by atoms with van der Waals surface area (Å²) in [6, 6.07) is 9.18. The van der Waals surface area contributed by atoms with E-state index in [9.17, 15) is 22.8 Å². The summed E-state index contributed by atoms with van der Waals surface area (Å²) in [5.74, 6) is 0.766. The molecule has 4 nitrogen and oxygen atoms in total. The van der Waals surface area contributed by atoms with E-state index in [1.165, 1.54) is 30.0 Å². The van der Waals surface area contributed by atoms with Gasteiger partial charge in [0.05, 0.1) is 11.1 Å². The molecule has 1 aliphatic rings. The van der Waals surface area contributed by atoms with Crippen LogP contribution >= 0.6 is 11.8 Å². The van der Waals surface area contributed by atoms with Gasteiger partial charge in [-0.05, 0) is 78.8 Å². The van der Waals surface area contributed by atoms with Gasteiger partial charge in [0.25, 0.3) is 0 Å². The van der Waals surface area contributed by atoms with Crippen molar-refractivity contribution in [1.82, 2.24) is 0 Å². The van der Waals surface area contributed by atoms with Gasteiger partial charge in [-0.1, -0.05) is 44.2 Å². The van der Waals surface area contributed by atoms with Gasteiger partial charge in [0, 0.05) is 17.7 Å². The Kier molecular flexibility index (Phi) is 10.3. The van der Waals surface area contributed by atoms with Crippen molar-refractivity contribution in [3.63, 3.8) is 0 Å². The number of carbonyl (C=O) groups excluding carboxylic acids is 2. The minimum absolute atomic E-state index is 0.00641. The molecule has 2 aromatic carbocycles. The Labute approximate surface area is 226 Å². The number of aryl methyl sites for hydroxylation is 3. The topological polar surface area (TPSA) is 52.6 Å². The zero-order valence-electron chi connectivity index (χ0n) is 22.0. The van der Waals surface area contributed by atoms with E-state index in [1.807, 2.05) is 20.8 Å². The molecule has 0 saturated carbocycles.